The van der Waals surface area contributed by atoms with Gasteiger partial charge in [-0.3, -0.25) is 29.8 Å². The Morgan fingerprint density at radius 2 is 0.678 bits per heavy atom. The normalized spacial score (nSPS) is 12.0. The average Bonchev–Trinajstić information content (AvgIpc) is 1.06. The third-order valence-electron chi connectivity index (χ3n) is 14.0. The number of ether oxygens (including phenoxy) is 8. The molecule has 0 fully saturated rings. The van der Waals surface area contributed by atoms with E-state index in [0.29, 0.717) is 99.4 Å². The highest BCUT2D eigenvalue weighted by Gasteiger charge is 2.72. The summed E-state index contributed by atoms with van der Waals surface area (Å²) in [7, 11) is 0. The number of nitro groups is 2. The van der Waals surface area contributed by atoms with Crippen molar-refractivity contribution in [2.75, 3.05) is 39.6 Å². The zero-order valence-electron chi connectivity index (χ0n) is 49.5. The first-order valence-electron chi connectivity index (χ1n) is 29.8. The van der Waals surface area contributed by atoms with Gasteiger partial charge in [-0.05, 0) is 160 Å². The number of hydrogen-bond donors (Lipinski definition) is 0. The lowest BCUT2D eigenvalue weighted by Gasteiger charge is -2.33. The second-order valence-corrected chi connectivity index (χ2v) is 20.6. The van der Waals surface area contributed by atoms with Crippen LogP contribution in [0.4, 0.5) is 0 Å². The Labute approximate surface area is 508 Å². The van der Waals surface area contributed by atoms with Crippen LogP contribution in [-0.4, -0.2) is 73.4 Å². The molecule has 2 unspecified atom stereocenters. The summed E-state index contributed by atoms with van der Waals surface area (Å²) in [5.74, 6) is -0.489. The van der Waals surface area contributed by atoms with Crippen molar-refractivity contribution in [3.05, 3.63) is 212 Å². The van der Waals surface area contributed by atoms with Gasteiger partial charge < -0.3 is 37.9 Å². The summed E-state index contributed by atoms with van der Waals surface area (Å²) in [6, 6.07) is 38.0. The number of carbonyl (C=O) groups is 4. The molecule has 0 radical (unpaired) electrons. The van der Waals surface area contributed by atoms with E-state index in [1.165, 1.54) is 60.7 Å². The number of nitrogens with zero attached hydrogens (tertiary/aromatic N) is 2. The van der Waals surface area contributed by atoms with E-state index in [4.69, 9.17) is 37.9 Å². The van der Waals surface area contributed by atoms with E-state index in [2.05, 4.69) is 13.8 Å². The summed E-state index contributed by atoms with van der Waals surface area (Å²) in [4.78, 5) is 79.3. The Hall–Kier alpha value is -9.32. The van der Waals surface area contributed by atoms with Gasteiger partial charge in [0.15, 0.2) is 0 Å². The van der Waals surface area contributed by atoms with E-state index in [1.54, 1.807) is 121 Å². The number of esters is 4. The third kappa shape index (κ3) is 22.2. The Morgan fingerprint density at radius 1 is 0.391 bits per heavy atom. The van der Waals surface area contributed by atoms with Crippen LogP contribution >= 0.6 is 0 Å². The monoisotopic (exact) mass is 1190 g/mol. The van der Waals surface area contributed by atoms with Gasteiger partial charge in [0.05, 0.1) is 39.6 Å². The summed E-state index contributed by atoms with van der Waals surface area (Å²) in [6.45, 7) is 5.67. The molecule has 460 valence electrons. The van der Waals surface area contributed by atoms with Crippen LogP contribution in [0.25, 0.3) is 12.2 Å². The SMILES string of the molecule is CCCCCOc1ccc(OC(=O)/C=C/c2ccc(OCCCCCCOC(=O)C(C(=O)OCCCCCCOc3ccc(/C=C/C(=O)Oc4ccc(OCCCCC)cc4)cc3)(C(c3ccccc3)[N+](=O)[O-])C(c3ccccc3)[N+](=O)[O-])cc2)cc1. The van der Waals surface area contributed by atoms with Gasteiger partial charge in [-0.2, -0.15) is 0 Å². The Kier molecular flexibility index (Phi) is 28.6. The van der Waals surface area contributed by atoms with Gasteiger partial charge in [-0.15, -0.1) is 0 Å². The second-order valence-electron chi connectivity index (χ2n) is 20.6. The molecule has 6 rings (SSSR count). The first-order chi connectivity index (χ1) is 42.4. The lowest BCUT2D eigenvalue weighted by atomic mass is 9.69. The molecule has 6 aromatic rings. The first-order valence-corrected chi connectivity index (χ1v) is 29.8. The first kappa shape index (κ1) is 66.8. The molecule has 2 atom stereocenters. The van der Waals surface area contributed by atoms with E-state index in [0.717, 1.165) is 49.7 Å². The lowest BCUT2D eigenvalue weighted by Crippen LogP contribution is -2.55. The maximum absolute atomic E-state index is 14.7. The van der Waals surface area contributed by atoms with Crippen LogP contribution in [0.5, 0.6) is 34.5 Å². The van der Waals surface area contributed by atoms with Crippen molar-refractivity contribution in [1.29, 1.82) is 0 Å². The molecule has 87 heavy (non-hydrogen) atoms. The Morgan fingerprint density at radius 3 is 0.989 bits per heavy atom. The molecule has 0 aliphatic rings. The van der Waals surface area contributed by atoms with E-state index >= 15 is 0 Å². The van der Waals surface area contributed by atoms with Gasteiger partial charge in [-0.25, -0.2) is 9.59 Å². The molecule has 0 saturated heterocycles. The van der Waals surface area contributed by atoms with Gasteiger partial charge in [0.25, 0.3) is 12.1 Å². The highest BCUT2D eigenvalue weighted by atomic mass is 16.6. The van der Waals surface area contributed by atoms with Gasteiger partial charge >= 0.3 is 29.3 Å². The Balaban J connectivity index is 0.968. The molecule has 0 N–H and O–H groups in total. The third-order valence-corrected chi connectivity index (χ3v) is 14.0. The predicted molar refractivity (Wildman–Crippen MR) is 330 cm³/mol. The van der Waals surface area contributed by atoms with Crippen molar-refractivity contribution in [2.45, 2.75) is 116 Å². The van der Waals surface area contributed by atoms with E-state index in [9.17, 15) is 39.4 Å². The predicted octanol–water partition coefficient (Wildman–Crippen LogP) is 14.7. The van der Waals surface area contributed by atoms with Crippen LogP contribution in [0.1, 0.15) is 138 Å². The molecule has 0 aromatic heterocycles. The largest absolute Gasteiger partial charge is 0.494 e. The molecular weight excluding hydrogens is 1110 g/mol. The molecule has 0 amide bonds. The minimum Gasteiger partial charge on any atom is -0.494 e. The Bertz CT molecular complexity index is 2890. The molecule has 0 spiro atoms. The van der Waals surface area contributed by atoms with Crippen LogP contribution in [0.2, 0.25) is 0 Å². The topological polar surface area (TPSA) is 228 Å². The van der Waals surface area contributed by atoms with E-state index in [-0.39, 0.29) is 37.2 Å². The van der Waals surface area contributed by atoms with Crippen molar-refractivity contribution < 1.29 is 66.9 Å². The molecule has 0 bridgehead atoms. The fourth-order valence-electron chi connectivity index (χ4n) is 9.39. The molecule has 0 aliphatic heterocycles. The van der Waals surface area contributed by atoms with Gasteiger partial charge in [0, 0.05) is 33.1 Å². The molecule has 0 aliphatic carbocycles. The maximum Gasteiger partial charge on any atom is 0.338 e. The summed E-state index contributed by atoms with van der Waals surface area (Å²) < 4.78 is 45.5. The fourth-order valence-corrected chi connectivity index (χ4v) is 9.39. The highest BCUT2D eigenvalue weighted by molar-refractivity contribution is 6.02. The van der Waals surface area contributed by atoms with E-state index < -0.39 is 51.2 Å². The minimum atomic E-state index is -3.10. The maximum atomic E-state index is 14.7. The van der Waals surface area contributed by atoms with Crippen LogP contribution in [-0.2, 0) is 28.7 Å². The summed E-state index contributed by atoms with van der Waals surface area (Å²) >= 11 is 0. The number of hydrogen-bond acceptors (Lipinski definition) is 16. The van der Waals surface area contributed by atoms with Crippen LogP contribution in [0, 0.1) is 25.6 Å². The van der Waals surface area contributed by atoms with Crippen molar-refractivity contribution in [1.82, 2.24) is 0 Å². The number of benzene rings is 6. The zero-order valence-corrected chi connectivity index (χ0v) is 49.5. The minimum absolute atomic E-state index is 0.125. The standard InChI is InChI=1S/C69H78N2O16/c1-3-5-17-47-80-59-37-41-61(42-38-59)86-63(72)45-31-53-27-33-57(34-28-53)82-49-19-7-9-21-51-84-67(74)69(65(70(76)77)55-23-13-11-14-24-55,66(71(78)79)56-25-15-12-16-26-56)68(75)85-52-22-10-8-20-50-83-58-35-29-54(30-36-58)32-46-64(73)87-62-43-39-60(40-44-62)81-48-18-6-4-2/h11-16,23-46,65-66H,3-10,17-22,47-52H2,1-2H3/b45-31+,46-32+. The molecular formula is C69H78N2O16. The summed E-state index contributed by atoms with van der Waals surface area (Å²) in [5, 5.41) is 26.6. The molecule has 0 saturated carbocycles. The van der Waals surface area contributed by atoms with Crippen molar-refractivity contribution >= 4 is 36.0 Å². The van der Waals surface area contributed by atoms with Crippen molar-refractivity contribution in [3.63, 3.8) is 0 Å². The van der Waals surface area contributed by atoms with Gasteiger partial charge in [-0.1, -0.05) is 124 Å². The van der Waals surface area contributed by atoms with E-state index in [1.807, 2.05) is 0 Å². The summed E-state index contributed by atoms with van der Waals surface area (Å²) in [5.41, 5.74) is -1.84. The van der Waals surface area contributed by atoms with Gasteiger partial charge in [0.2, 0.25) is 0 Å². The smallest absolute Gasteiger partial charge is 0.338 e. The molecule has 18 nitrogen and oxygen atoms in total. The van der Waals surface area contributed by atoms with Crippen molar-refractivity contribution in [2.24, 2.45) is 5.41 Å². The molecule has 18 heteroatoms. The van der Waals surface area contributed by atoms with Crippen LogP contribution in [0.3, 0.4) is 0 Å². The number of rotatable bonds is 40. The highest BCUT2D eigenvalue weighted by Crippen LogP contribution is 2.50. The average molecular weight is 1190 g/mol. The molecule has 6 aromatic carbocycles. The summed E-state index contributed by atoms with van der Waals surface area (Å²) in [6.07, 6.45) is 16.4. The molecule has 0 heterocycles. The lowest BCUT2D eigenvalue weighted by molar-refractivity contribution is -0.591. The van der Waals surface area contributed by atoms with Crippen LogP contribution < -0.4 is 28.4 Å². The fraction of sp³-hybridized carbons (Fsp3) is 0.362. The second kappa shape index (κ2) is 37.2. The van der Waals surface area contributed by atoms with Gasteiger partial charge in [0.1, 0.15) is 34.5 Å². The van der Waals surface area contributed by atoms with Crippen LogP contribution in [0.15, 0.2) is 170 Å². The number of carbonyl (C=O) groups excluding carboxylic acids is 4. The van der Waals surface area contributed by atoms with Crippen molar-refractivity contribution in [3.8, 4) is 34.5 Å². The number of unbranched alkanes of at least 4 members (excludes halogenated alkanes) is 10. The quantitative estimate of drug-likeness (QED) is 0.00662. The zero-order chi connectivity index (χ0) is 61.9.